The van der Waals surface area contributed by atoms with E-state index in [4.69, 9.17) is 0 Å². The van der Waals surface area contributed by atoms with Gasteiger partial charge in [-0.25, -0.2) is 0 Å². The van der Waals surface area contributed by atoms with E-state index in [-0.39, 0.29) is 18.4 Å². The van der Waals surface area contributed by atoms with E-state index in [2.05, 4.69) is 10.6 Å². The van der Waals surface area contributed by atoms with E-state index >= 15 is 0 Å². The Labute approximate surface area is 133 Å². The number of nitrogens with one attached hydrogen (secondary N) is 2. The number of benzene rings is 1. The molecule has 0 saturated heterocycles. The van der Waals surface area contributed by atoms with Gasteiger partial charge in [0.15, 0.2) is 0 Å². The third-order valence-corrected chi connectivity index (χ3v) is 4.06. The maximum atomic E-state index is 12.2. The van der Waals surface area contributed by atoms with Crippen LogP contribution in [0, 0.1) is 0 Å². The lowest BCUT2D eigenvalue weighted by Crippen LogP contribution is -2.46. The van der Waals surface area contributed by atoms with Crippen molar-refractivity contribution >= 4 is 23.2 Å². The Morgan fingerprint density at radius 1 is 1.14 bits per heavy atom. The monoisotopic (exact) mass is 318 g/mol. The number of carbonyl (C=O) groups excluding carboxylic acids is 2. The van der Waals surface area contributed by atoms with Crippen molar-refractivity contribution in [3.63, 3.8) is 0 Å². The van der Waals surface area contributed by atoms with Crippen molar-refractivity contribution in [2.24, 2.45) is 0 Å². The molecule has 116 valence electrons. The molecule has 1 aromatic heterocycles. The number of carbonyl (C=O) groups is 2. The summed E-state index contributed by atoms with van der Waals surface area (Å²) >= 11 is 1.32. The van der Waals surface area contributed by atoms with Gasteiger partial charge in [-0.1, -0.05) is 36.4 Å². The molecule has 2 atom stereocenters. The van der Waals surface area contributed by atoms with Gasteiger partial charge in [0.1, 0.15) is 6.04 Å². The molecule has 0 aliphatic carbocycles. The zero-order valence-corrected chi connectivity index (χ0v) is 13.0. The molecule has 0 radical (unpaired) electrons. The number of aliphatic hydroxyl groups excluding tert-OH is 1. The van der Waals surface area contributed by atoms with E-state index in [0.717, 1.165) is 5.56 Å². The summed E-state index contributed by atoms with van der Waals surface area (Å²) in [7, 11) is 0. The normalized spacial score (nSPS) is 13.2. The van der Waals surface area contributed by atoms with Crippen LogP contribution < -0.4 is 10.6 Å². The Bertz CT molecular complexity index is 614. The zero-order chi connectivity index (χ0) is 15.9. The topological polar surface area (TPSA) is 78.4 Å². The van der Waals surface area contributed by atoms with Crippen LogP contribution in [0.3, 0.4) is 0 Å². The van der Waals surface area contributed by atoms with E-state index in [1.54, 1.807) is 24.4 Å². The summed E-state index contributed by atoms with van der Waals surface area (Å²) in [5, 5.41) is 16.6. The van der Waals surface area contributed by atoms with Crippen molar-refractivity contribution in [1.29, 1.82) is 0 Å². The van der Waals surface area contributed by atoms with E-state index in [1.165, 1.54) is 11.3 Å². The minimum atomic E-state index is -0.688. The third-order valence-electron chi connectivity index (χ3n) is 3.19. The van der Waals surface area contributed by atoms with Gasteiger partial charge in [0, 0.05) is 0 Å². The Kier molecular flexibility index (Phi) is 5.68. The second-order valence-corrected chi connectivity index (χ2v) is 5.77. The predicted molar refractivity (Wildman–Crippen MR) is 85.7 cm³/mol. The molecule has 1 heterocycles. The molecule has 0 aliphatic rings. The molecule has 0 fully saturated rings. The Morgan fingerprint density at radius 3 is 2.45 bits per heavy atom. The summed E-state index contributed by atoms with van der Waals surface area (Å²) in [5.74, 6) is -0.620. The lowest BCUT2D eigenvalue weighted by Gasteiger charge is -2.20. The molecule has 0 aliphatic heterocycles. The van der Waals surface area contributed by atoms with Crippen LogP contribution in [0.2, 0.25) is 0 Å². The summed E-state index contributed by atoms with van der Waals surface area (Å²) in [4.78, 5) is 24.6. The van der Waals surface area contributed by atoms with Crippen LogP contribution in [0.15, 0.2) is 47.8 Å². The van der Waals surface area contributed by atoms with Gasteiger partial charge in [0.25, 0.3) is 5.91 Å². The van der Waals surface area contributed by atoms with E-state index in [9.17, 15) is 14.7 Å². The molecule has 5 nitrogen and oxygen atoms in total. The van der Waals surface area contributed by atoms with Gasteiger partial charge in [-0.15, -0.1) is 11.3 Å². The zero-order valence-electron chi connectivity index (χ0n) is 12.2. The average Bonchev–Trinajstić information content (AvgIpc) is 3.07. The second-order valence-electron chi connectivity index (χ2n) is 4.83. The minimum Gasteiger partial charge on any atom is -0.394 e. The molecular formula is C16H18N2O3S. The highest BCUT2D eigenvalue weighted by atomic mass is 32.1. The van der Waals surface area contributed by atoms with Gasteiger partial charge >= 0.3 is 0 Å². The molecular weight excluding hydrogens is 300 g/mol. The second kappa shape index (κ2) is 7.72. The maximum Gasteiger partial charge on any atom is 0.261 e. The molecule has 0 saturated carbocycles. The number of hydrogen-bond donors (Lipinski definition) is 3. The maximum absolute atomic E-state index is 12.2. The minimum absolute atomic E-state index is 0.207. The Balaban J connectivity index is 1.94. The first kappa shape index (κ1) is 16.2. The Morgan fingerprint density at radius 2 is 1.86 bits per heavy atom. The largest absolute Gasteiger partial charge is 0.394 e. The first-order valence-electron chi connectivity index (χ1n) is 6.92. The molecule has 1 unspecified atom stereocenters. The molecule has 22 heavy (non-hydrogen) atoms. The number of thiophene rings is 1. The highest BCUT2D eigenvalue weighted by Gasteiger charge is 2.20. The van der Waals surface area contributed by atoms with Gasteiger partial charge in [0.2, 0.25) is 5.91 Å². The fraction of sp³-hybridized carbons (Fsp3) is 0.250. The highest BCUT2D eigenvalue weighted by Crippen LogP contribution is 2.12. The van der Waals surface area contributed by atoms with Crippen LogP contribution in [0.25, 0.3) is 0 Å². The number of amides is 2. The van der Waals surface area contributed by atoms with Crippen LogP contribution in [-0.2, 0) is 4.79 Å². The van der Waals surface area contributed by atoms with E-state index < -0.39 is 12.1 Å². The molecule has 3 N–H and O–H groups in total. The van der Waals surface area contributed by atoms with Crippen LogP contribution in [0.5, 0.6) is 0 Å². The van der Waals surface area contributed by atoms with Crippen molar-refractivity contribution in [1.82, 2.24) is 10.6 Å². The quantitative estimate of drug-likeness (QED) is 0.759. The molecule has 0 bridgehead atoms. The van der Waals surface area contributed by atoms with Gasteiger partial charge in [-0.2, -0.15) is 0 Å². The fourth-order valence-corrected chi connectivity index (χ4v) is 2.58. The molecule has 2 rings (SSSR count). The first-order valence-corrected chi connectivity index (χ1v) is 7.80. The number of aliphatic hydroxyl groups is 1. The van der Waals surface area contributed by atoms with Crippen molar-refractivity contribution < 1.29 is 14.7 Å². The molecule has 6 heteroatoms. The van der Waals surface area contributed by atoms with Gasteiger partial charge < -0.3 is 15.7 Å². The van der Waals surface area contributed by atoms with Gasteiger partial charge in [0.05, 0.1) is 17.5 Å². The van der Waals surface area contributed by atoms with Crippen molar-refractivity contribution in [2.75, 3.05) is 6.61 Å². The SMILES string of the molecule is CC(NC(=O)c1cccs1)C(=O)N[C@H](CO)c1ccccc1. The lowest BCUT2D eigenvalue weighted by molar-refractivity contribution is -0.123. The third kappa shape index (κ3) is 4.16. The van der Waals surface area contributed by atoms with E-state index in [1.807, 2.05) is 30.3 Å². The smallest absolute Gasteiger partial charge is 0.261 e. The summed E-state index contributed by atoms with van der Waals surface area (Å²) in [5.41, 5.74) is 0.815. The summed E-state index contributed by atoms with van der Waals surface area (Å²) in [6.07, 6.45) is 0. The molecule has 0 spiro atoms. The molecule has 2 amide bonds. The van der Waals surface area contributed by atoms with Crippen molar-refractivity contribution in [2.45, 2.75) is 19.0 Å². The summed E-state index contributed by atoms with van der Waals surface area (Å²) in [6.45, 7) is 1.40. The average molecular weight is 318 g/mol. The summed E-state index contributed by atoms with van der Waals surface area (Å²) in [6, 6.07) is 11.5. The van der Waals surface area contributed by atoms with E-state index in [0.29, 0.717) is 4.88 Å². The summed E-state index contributed by atoms with van der Waals surface area (Å²) < 4.78 is 0. The predicted octanol–water partition coefficient (Wildman–Crippen LogP) is 1.72. The van der Waals surface area contributed by atoms with Crippen molar-refractivity contribution in [3.05, 3.63) is 58.3 Å². The Hall–Kier alpha value is -2.18. The molecule has 2 aromatic rings. The fourth-order valence-electron chi connectivity index (χ4n) is 1.96. The molecule has 1 aromatic carbocycles. The van der Waals surface area contributed by atoms with Gasteiger partial charge in [-0.3, -0.25) is 9.59 Å². The van der Waals surface area contributed by atoms with Crippen LogP contribution in [-0.4, -0.2) is 29.6 Å². The van der Waals surface area contributed by atoms with Crippen molar-refractivity contribution in [3.8, 4) is 0 Å². The first-order chi connectivity index (χ1) is 10.6. The van der Waals surface area contributed by atoms with Gasteiger partial charge in [-0.05, 0) is 23.9 Å². The highest BCUT2D eigenvalue weighted by molar-refractivity contribution is 7.12. The number of hydrogen-bond acceptors (Lipinski definition) is 4. The standard InChI is InChI=1S/C16H18N2O3S/c1-11(17-16(21)14-8-5-9-22-14)15(20)18-13(10-19)12-6-3-2-4-7-12/h2-9,11,13,19H,10H2,1H3,(H,17,21)(H,18,20)/t11?,13-/m1/s1. The van der Waals surface area contributed by atoms with Crippen LogP contribution in [0.4, 0.5) is 0 Å². The van der Waals surface area contributed by atoms with Crippen LogP contribution in [0.1, 0.15) is 28.2 Å². The lowest BCUT2D eigenvalue weighted by atomic mass is 10.1. The van der Waals surface area contributed by atoms with Crippen LogP contribution >= 0.6 is 11.3 Å². The number of rotatable bonds is 6.